The van der Waals surface area contributed by atoms with Crippen molar-refractivity contribution in [3.8, 4) is 23.0 Å². The third kappa shape index (κ3) is 3.83. The molecule has 1 saturated heterocycles. The van der Waals surface area contributed by atoms with Gasteiger partial charge in [-0.3, -0.25) is 9.59 Å². The van der Waals surface area contributed by atoms with Crippen molar-refractivity contribution in [1.29, 1.82) is 0 Å². The number of carbonyl (C=O) groups is 2. The van der Waals surface area contributed by atoms with Gasteiger partial charge in [-0.25, -0.2) is 0 Å². The van der Waals surface area contributed by atoms with Gasteiger partial charge in [0.1, 0.15) is 17.3 Å². The smallest absolute Gasteiger partial charge is 0.295 e. The summed E-state index contributed by atoms with van der Waals surface area (Å²) in [6.45, 7) is 0. The summed E-state index contributed by atoms with van der Waals surface area (Å²) in [6, 6.07) is 9.26. The lowest BCUT2D eigenvalue weighted by atomic mass is 9.93. The highest BCUT2D eigenvalue weighted by atomic mass is 16.5. The maximum absolute atomic E-state index is 13.4. The zero-order valence-electron chi connectivity index (χ0n) is 19.8. The number of rotatable bonds is 7. The normalized spacial score (nSPS) is 20.0. The van der Waals surface area contributed by atoms with Crippen LogP contribution < -0.4 is 18.9 Å². The molecule has 2 aromatic rings. The van der Waals surface area contributed by atoms with E-state index in [1.165, 1.54) is 28.4 Å². The first kappa shape index (κ1) is 23.5. The molecular weight excluding hydrogens is 438 g/mol. The van der Waals surface area contributed by atoms with Crippen molar-refractivity contribution < 1.29 is 33.6 Å². The van der Waals surface area contributed by atoms with Crippen molar-refractivity contribution in [3.63, 3.8) is 0 Å². The van der Waals surface area contributed by atoms with Crippen LogP contribution in [0.2, 0.25) is 0 Å². The second kappa shape index (κ2) is 9.67. The molecule has 1 amide bonds. The first-order chi connectivity index (χ1) is 16.5. The molecule has 34 heavy (non-hydrogen) atoms. The van der Waals surface area contributed by atoms with E-state index in [0.717, 1.165) is 25.7 Å². The zero-order valence-corrected chi connectivity index (χ0v) is 19.8. The molecule has 8 nitrogen and oxygen atoms in total. The molecule has 1 atom stereocenters. The molecule has 0 bridgehead atoms. The number of carbonyl (C=O) groups excluding carboxylic acids is 2. The van der Waals surface area contributed by atoms with E-state index in [9.17, 15) is 14.7 Å². The van der Waals surface area contributed by atoms with Crippen molar-refractivity contribution in [2.24, 2.45) is 0 Å². The summed E-state index contributed by atoms with van der Waals surface area (Å²) in [5.74, 6) is -0.0113. The SMILES string of the molecule is COc1ccc(OC)c(/C(O)=C2\C(=O)C(=O)N(C3CCCC3)C2c2cccc(OC)c2OC)c1. The molecule has 1 N–H and O–H groups in total. The molecule has 1 heterocycles. The van der Waals surface area contributed by atoms with E-state index in [1.807, 2.05) is 0 Å². The molecule has 180 valence electrons. The number of aliphatic hydroxyl groups excluding tert-OH is 1. The minimum absolute atomic E-state index is 0.0185. The first-order valence-electron chi connectivity index (χ1n) is 11.2. The molecule has 0 aromatic heterocycles. The van der Waals surface area contributed by atoms with Gasteiger partial charge < -0.3 is 29.0 Å². The van der Waals surface area contributed by atoms with Crippen LogP contribution in [0.4, 0.5) is 0 Å². The minimum atomic E-state index is -0.843. The number of ether oxygens (including phenoxy) is 4. The Hall–Kier alpha value is -3.68. The highest BCUT2D eigenvalue weighted by Gasteiger charge is 2.50. The summed E-state index contributed by atoms with van der Waals surface area (Å²) in [5.41, 5.74) is 0.810. The van der Waals surface area contributed by atoms with Crippen molar-refractivity contribution in [1.82, 2.24) is 4.90 Å². The molecule has 1 saturated carbocycles. The fourth-order valence-corrected chi connectivity index (χ4v) is 4.99. The van der Waals surface area contributed by atoms with Gasteiger partial charge in [-0.2, -0.15) is 0 Å². The van der Waals surface area contributed by atoms with Crippen LogP contribution in [0.1, 0.15) is 42.9 Å². The number of nitrogens with zero attached hydrogens (tertiary/aromatic N) is 1. The maximum atomic E-state index is 13.4. The second-order valence-electron chi connectivity index (χ2n) is 8.29. The standard InChI is InChI=1S/C26H29NO7/c1-31-16-12-13-19(32-2)18(14-16)23(28)21-22(17-10-7-11-20(33-3)25(17)34-4)27(26(30)24(21)29)15-8-5-6-9-15/h7,10-15,22,28H,5-6,8-9H2,1-4H3/b23-21+. The number of para-hydroxylation sites is 1. The van der Waals surface area contributed by atoms with E-state index in [-0.39, 0.29) is 22.9 Å². The van der Waals surface area contributed by atoms with Crippen LogP contribution in [0.25, 0.3) is 5.76 Å². The molecule has 0 spiro atoms. The Morgan fingerprint density at radius 3 is 2.24 bits per heavy atom. The first-order valence-corrected chi connectivity index (χ1v) is 11.2. The third-order valence-corrected chi connectivity index (χ3v) is 6.59. The highest BCUT2D eigenvalue weighted by Crippen LogP contribution is 2.48. The van der Waals surface area contributed by atoms with Crippen LogP contribution in [-0.2, 0) is 9.59 Å². The van der Waals surface area contributed by atoms with Crippen LogP contribution >= 0.6 is 0 Å². The lowest BCUT2D eigenvalue weighted by Crippen LogP contribution is -2.37. The topological polar surface area (TPSA) is 94.5 Å². The van der Waals surface area contributed by atoms with Crippen LogP contribution in [0, 0.1) is 0 Å². The fraction of sp³-hybridized carbons (Fsp3) is 0.385. The molecule has 0 radical (unpaired) electrons. The Morgan fingerprint density at radius 2 is 1.62 bits per heavy atom. The quantitative estimate of drug-likeness (QED) is 0.372. The predicted octanol–water partition coefficient (Wildman–Crippen LogP) is 4.09. The number of methoxy groups -OCH3 is 4. The molecule has 8 heteroatoms. The van der Waals surface area contributed by atoms with Gasteiger partial charge in [-0.1, -0.05) is 25.0 Å². The maximum Gasteiger partial charge on any atom is 0.295 e. The zero-order chi connectivity index (χ0) is 24.4. The lowest BCUT2D eigenvalue weighted by molar-refractivity contribution is -0.141. The van der Waals surface area contributed by atoms with Crippen molar-refractivity contribution in [3.05, 3.63) is 53.1 Å². The Morgan fingerprint density at radius 1 is 0.912 bits per heavy atom. The molecule has 1 aliphatic heterocycles. The van der Waals surface area contributed by atoms with Gasteiger partial charge in [0.15, 0.2) is 11.5 Å². The number of hydrogen-bond acceptors (Lipinski definition) is 7. The molecule has 2 fully saturated rings. The Balaban J connectivity index is 1.99. The molecule has 2 aromatic carbocycles. The average Bonchev–Trinajstić information content (AvgIpc) is 3.49. The van der Waals surface area contributed by atoms with Crippen molar-refractivity contribution >= 4 is 17.4 Å². The van der Waals surface area contributed by atoms with E-state index >= 15 is 0 Å². The molecule has 4 rings (SSSR count). The molecule has 2 aliphatic rings. The monoisotopic (exact) mass is 467 g/mol. The largest absolute Gasteiger partial charge is 0.507 e. The van der Waals surface area contributed by atoms with Gasteiger partial charge in [-0.05, 0) is 37.1 Å². The van der Waals surface area contributed by atoms with Gasteiger partial charge in [0.05, 0.1) is 45.6 Å². The van der Waals surface area contributed by atoms with E-state index in [1.54, 1.807) is 41.3 Å². The van der Waals surface area contributed by atoms with Crippen LogP contribution in [0.5, 0.6) is 23.0 Å². The summed E-state index contributed by atoms with van der Waals surface area (Å²) in [5, 5.41) is 11.5. The summed E-state index contributed by atoms with van der Waals surface area (Å²) < 4.78 is 21.9. The number of aliphatic hydroxyl groups is 1. The number of amides is 1. The van der Waals surface area contributed by atoms with Gasteiger partial charge >= 0.3 is 0 Å². The predicted molar refractivity (Wildman–Crippen MR) is 125 cm³/mol. The number of ketones is 1. The minimum Gasteiger partial charge on any atom is -0.507 e. The van der Waals surface area contributed by atoms with E-state index in [4.69, 9.17) is 18.9 Å². The number of Topliss-reactive ketones (excluding diaryl/α,β-unsaturated/α-hetero) is 1. The summed E-state index contributed by atoms with van der Waals surface area (Å²) in [4.78, 5) is 28.4. The molecule has 1 aliphatic carbocycles. The summed E-state index contributed by atoms with van der Waals surface area (Å²) >= 11 is 0. The van der Waals surface area contributed by atoms with Crippen LogP contribution in [0.15, 0.2) is 42.0 Å². The highest BCUT2D eigenvalue weighted by molar-refractivity contribution is 6.46. The third-order valence-electron chi connectivity index (χ3n) is 6.59. The fourth-order valence-electron chi connectivity index (χ4n) is 4.99. The van der Waals surface area contributed by atoms with Gasteiger partial charge in [0.2, 0.25) is 0 Å². The summed E-state index contributed by atoms with van der Waals surface area (Å²) in [7, 11) is 6.01. The van der Waals surface area contributed by atoms with Gasteiger partial charge in [0.25, 0.3) is 11.7 Å². The number of likely N-dealkylation sites (tertiary alicyclic amines) is 1. The number of benzene rings is 2. The molecule has 1 unspecified atom stereocenters. The van der Waals surface area contributed by atoms with Crippen LogP contribution in [0.3, 0.4) is 0 Å². The Labute approximate surface area is 198 Å². The van der Waals surface area contributed by atoms with E-state index in [0.29, 0.717) is 28.6 Å². The second-order valence-corrected chi connectivity index (χ2v) is 8.29. The van der Waals surface area contributed by atoms with E-state index in [2.05, 4.69) is 0 Å². The van der Waals surface area contributed by atoms with Crippen LogP contribution in [-0.4, -0.2) is 56.2 Å². The summed E-state index contributed by atoms with van der Waals surface area (Å²) in [6.07, 6.45) is 3.52. The van der Waals surface area contributed by atoms with E-state index < -0.39 is 17.7 Å². The van der Waals surface area contributed by atoms with Crippen molar-refractivity contribution in [2.75, 3.05) is 28.4 Å². The van der Waals surface area contributed by atoms with Gasteiger partial charge in [-0.15, -0.1) is 0 Å². The number of hydrogen-bond donors (Lipinski definition) is 1. The average molecular weight is 468 g/mol. The Bertz CT molecular complexity index is 1130. The van der Waals surface area contributed by atoms with Gasteiger partial charge in [0, 0.05) is 11.6 Å². The lowest BCUT2D eigenvalue weighted by Gasteiger charge is -2.31. The molecular formula is C26H29NO7. The van der Waals surface area contributed by atoms with Crippen molar-refractivity contribution in [2.45, 2.75) is 37.8 Å². The Kier molecular flexibility index (Phi) is 6.68.